The van der Waals surface area contributed by atoms with Gasteiger partial charge >= 0.3 is 0 Å². The molecule has 1 heterocycles. The van der Waals surface area contributed by atoms with Crippen LogP contribution in [0.1, 0.15) is 18.7 Å². The van der Waals surface area contributed by atoms with Crippen LogP contribution in [0.15, 0.2) is 28.9 Å². The lowest BCUT2D eigenvalue weighted by Gasteiger charge is -2.03. The molecular weight excluding hydrogens is 304 g/mol. The van der Waals surface area contributed by atoms with Gasteiger partial charge in [0.2, 0.25) is 0 Å². The Morgan fingerprint density at radius 3 is 2.83 bits per heavy atom. The van der Waals surface area contributed by atoms with Gasteiger partial charge in [0.15, 0.2) is 0 Å². The highest BCUT2D eigenvalue weighted by atomic mass is 79.9. The molecule has 0 radical (unpaired) electrons. The van der Waals surface area contributed by atoms with Crippen molar-refractivity contribution in [2.75, 3.05) is 0 Å². The standard InChI is InChI=1S/C10H9BrN4O3/c1-6(16)9-5-14(13-12-9)10-4-7(15(17)18)2-3-8(10)11/h2-6,16H,1H3. The van der Waals surface area contributed by atoms with E-state index in [9.17, 15) is 15.2 Å². The number of aromatic nitrogens is 3. The predicted octanol–water partition coefficient (Wildman–Crippen LogP) is 1.99. The summed E-state index contributed by atoms with van der Waals surface area (Å²) in [7, 11) is 0. The Labute approximate surface area is 110 Å². The number of non-ortho nitro benzene ring substituents is 1. The number of nitro benzene ring substituents is 1. The fourth-order valence-electron chi connectivity index (χ4n) is 1.38. The van der Waals surface area contributed by atoms with Gasteiger partial charge in [0.1, 0.15) is 5.69 Å². The number of benzene rings is 1. The SMILES string of the molecule is CC(O)c1cn(-c2cc([N+](=O)[O-])ccc2Br)nn1. The molecule has 0 bridgehead atoms. The summed E-state index contributed by atoms with van der Waals surface area (Å²) in [6.07, 6.45) is 0.783. The van der Waals surface area contributed by atoms with Gasteiger partial charge in [0, 0.05) is 16.6 Å². The molecule has 1 atom stereocenters. The molecule has 0 aliphatic carbocycles. The van der Waals surface area contributed by atoms with Crippen LogP contribution >= 0.6 is 15.9 Å². The number of halogens is 1. The molecule has 1 unspecified atom stereocenters. The zero-order valence-electron chi connectivity index (χ0n) is 9.32. The van der Waals surface area contributed by atoms with E-state index in [4.69, 9.17) is 0 Å². The molecule has 1 N–H and O–H groups in total. The molecule has 0 aliphatic heterocycles. The van der Waals surface area contributed by atoms with Crippen LogP contribution in [-0.2, 0) is 0 Å². The van der Waals surface area contributed by atoms with Crippen LogP contribution in [0.3, 0.4) is 0 Å². The summed E-state index contributed by atoms with van der Waals surface area (Å²) < 4.78 is 2.02. The summed E-state index contributed by atoms with van der Waals surface area (Å²) >= 11 is 3.29. The molecule has 2 aromatic rings. The largest absolute Gasteiger partial charge is 0.387 e. The number of nitro groups is 1. The molecule has 18 heavy (non-hydrogen) atoms. The van der Waals surface area contributed by atoms with E-state index in [1.165, 1.54) is 23.0 Å². The first kappa shape index (κ1) is 12.7. The Balaban J connectivity index is 2.48. The molecule has 0 amide bonds. The topological polar surface area (TPSA) is 94.1 Å². The first-order valence-electron chi connectivity index (χ1n) is 5.03. The molecule has 0 saturated heterocycles. The second-order valence-electron chi connectivity index (χ2n) is 3.66. The van der Waals surface area contributed by atoms with Crippen molar-refractivity contribution in [3.63, 3.8) is 0 Å². The maximum absolute atomic E-state index is 10.7. The van der Waals surface area contributed by atoms with Crippen molar-refractivity contribution in [1.82, 2.24) is 15.0 Å². The Kier molecular flexibility index (Phi) is 3.39. The zero-order valence-corrected chi connectivity index (χ0v) is 10.9. The van der Waals surface area contributed by atoms with Crippen molar-refractivity contribution in [2.24, 2.45) is 0 Å². The lowest BCUT2D eigenvalue weighted by atomic mass is 10.3. The molecule has 2 rings (SSSR count). The summed E-state index contributed by atoms with van der Waals surface area (Å²) in [6.45, 7) is 1.57. The first-order valence-corrected chi connectivity index (χ1v) is 5.83. The van der Waals surface area contributed by atoms with Crippen LogP contribution < -0.4 is 0 Å². The summed E-state index contributed by atoms with van der Waals surface area (Å²) in [5.41, 5.74) is 0.847. The zero-order chi connectivity index (χ0) is 13.3. The summed E-state index contributed by atoms with van der Waals surface area (Å²) in [5.74, 6) is 0. The molecule has 1 aromatic carbocycles. The van der Waals surface area contributed by atoms with Gasteiger partial charge in [-0.25, -0.2) is 4.68 Å². The van der Waals surface area contributed by atoms with Gasteiger partial charge in [0.05, 0.1) is 22.9 Å². The Hall–Kier alpha value is -1.80. The van der Waals surface area contributed by atoms with Crippen LogP contribution in [0.4, 0.5) is 5.69 Å². The smallest absolute Gasteiger partial charge is 0.271 e. The highest BCUT2D eigenvalue weighted by Gasteiger charge is 2.13. The molecule has 0 spiro atoms. The summed E-state index contributed by atoms with van der Waals surface area (Å²) in [6, 6.07) is 4.34. The van der Waals surface area contributed by atoms with Crippen LogP contribution in [-0.4, -0.2) is 25.0 Å². The van der Waals surface area contributed by atoms with Crippen molar-refractivity contribution in [3.8, 4) is 5.69 Å². The molecule has 0 aliphatic rings. The van der Waals surface area contributed by atoms with Crippen molar-refractivity contribution in [3.05, 3.63) is 44.7 Å². The molecule has 94 valence electrons. The number of nitrogens with zero attached hydrogens (tertiary/aromatic N) is 4. The van der Waals surface area contributed by atoms with Crippen LogP contribution in [0.2, 0.25) is 0 Å². The third kappa shape index (κ3) is 2.39. The fraction of sp³-hybridized carbons (Fsp3) is 0.200. The van der Waals surface area contributed by atoms with E-state index >= 15 is 0 Å². The number of hydrogen-bond acceptors (Lipinski definition) is 5. The third-order valence-corrected chi connectivity index (χ3v) is 3.00. The molecule has 1 aromatic heterocycles. The lowest BCUT2D eigenvalue weighted by Crippen LogP contribution is -1.98. The van der Waals surface area contributed by atoms with Crippen LogP contribution in [0.5, 0.6) is 0 Å². The maximum Gasteiger partial charge on any atom is 0.271 e. The third-order valence-electron chi connectivity index (χ3n) is 2.33. The van der Waals surface area contributed by atoms with Crippen molar-refractivity contribution in [2.45, 2.75) is 13.0 Å². The van der Waals surface area contributed by atoms with Gasteiger partial charge in [-0.2, -0.15) is 0 Å². The van der Waals surface area contributed by atoms with E-state index < -0.39 is 11.0 Å². The van der Waals surface area contributed by atoms with Gasteiger partial charge in [-0.15, -0.1) is 5.10 Å². The van der Waals surface area contributed by atoms with Crippen molar-refractivity contribution >= 4 is 21.6 Å². The van der Waals surface area contributed by atoms with E-state index in [1.807, 2.05) is 0 Å². The second-order valence-corrected chi connectivity index (χ2v) is 4.51. The second kappa shape index (κ2) is 4.83. The van der Waals surface area contributed by atoms with Crippen molar-refractivity contribution < 1.29 is 10.0 Å². The number of rotatable bonds is 3. The van der Waals surface area contributed by atoms with Gasteiger partial charge < -0.3 is 5.11 Å². The van der Waals surface area contributed by atoms with E-state index in [-0.39, 0.29) is 5.69 Å². The minimum Gasteiger partial charge on any atom is -0.387 e. The lowest BCUT2D eigenvalue weighted by molar-refractivity contribution is -0.384. The van der Waals surface area contributed by atoms with E-state index in [1.54, 1.807) is 13.0 Å². The highest BCUT2D eigenvalue weighted by molar-refractivity contribution is 9.10. The Morgan fingerprint density at radius 2 is 2.28 bits per heavy atom. The van der Waals surface area contributed by atoms with E-state index in [0.29, 0.717) is 15.9 Å². The van der Waals surface area contributed by atoms with Gasteiger partial charge in [-0.05, 0) is 28.9 Å². The normalized spacial score (nSPS) is 12.4. The number of hydrogen-bond donors (Lipinski definition) is 1. The number of aliphatic hydroxyl groups excluding tert-OH is 1. The monoisotopic (exact) mass is 312 g/mol. The minimum absolute atomic E-state index is 0.0395. The van der Waals surface area contributed by atoms with Crippen molar-refractivity contribution in [1.29, 1.82) is 0 Å². The molecule has 7 nitrogen and oxygen atoms in total. The van der Waals surface area contributed by atoms with Crippen LogP contribution in [0, 0.1) is 10.1 Å². The van der Waals surface area contributed by atoms with E-state index in [0.717, 1.165) is 0 Å². The highest BCUT2D eigenvalue weighted by Crippen LogP contribution is 2.25. The first-order chi connectivity index (χ1) is 8.49. The molecule has 0 saturated carbocycles. The predicted molar refractivity (Wildman–Crippen MR) is 66.3 cm³/mol. The van der Waals surface area contributed by atoms with Gasteiger partial charge in [-0.1, -0.05) is 5.21 Å². The Morgan fingerprint density at radius 1 is 1.56 bits per heavy atom. The minimum atomic E-state index is -0.740. The summed E-state index contributed by atoms with van der Waals surface area (Å²) in [5, 5.41) is 27.7. The molecule has 0 fully saturated rings. The van der Waals surface area contributed by atoms with Crippen LogP contribution in [0.25, 0.3) is 5.69 Å². The van der Waals surface area contributed by atoms with Gasteiger partial charge in [-0.3, -0.25) is 10.1 Å². The van der Waals surface area contributed by atoms with Gasteiger partial charge in [0.25, 0.3) is 5.69 Å². The quantitative estimate of drug-likeness (QED) is 0.691. The average molecular weight is 313 g/mol. The molecular formula is C10H9BrN4O3. The maximum atomic E-state index is 10.7. The number of aliphatic hydroxyl groups is 1. The average Bonchev–Trinajstić information content (AvgIpc) is 2.78. The Bertz CT molecular complexity index is 597. The summed E-state index contributed by atoms with van der Waals surface area (Å²) in [4.78, 5) is 10.2. The molecule has 8 heteroatoms. The fourth-order valence-corrected chi connectivity index (χ4v) is 1.80. The van der Waals surface area contributed by atoms with E-state index in [2.05, 4.69) is 26.2 Å².